The van der Waals surface area contributed by atoms with E-state index in [0.717, 1.165) is 24.2 Å². The first-order chi connectivity index (χ1) is 7.66. The SMILES string of the molecule is C[C@H]1CN(Cc2nccn2C(F)F)CCN1. The van der Waals surface area contributed by atoms with Crippen LogP contribution in [-0.4, -0.2) is 40.1 Å². The van der Waals surface area contributed by atoms with Crippen LogP contribution in [0, 0.1) is 0 Å². The average Bonchev–Trinajstić information content (AvgIpc) is 2.66. The summed E-state index contributed by atoms with van der Waals surface area (Å²) in [7, 11) is 0. The second-order valence-corrected chi connectivity index (χ2v) is 4.12. The molecule has 1 fully saturated rings. The molecule has 0 unspecified atom stereocenters. The summed E-state index contributed by atoms with van der Waals surface area (Å²) in [5.41, 5.74) is 0. The molecule has 90 valence electrons. The third kappa shape index (κ3) is 2.56. The third-order valence-electron chi connectivity index (χ3n) is 2.78. The van der Waals surface area contributed by atoms with E-state index in [1.54, 1.807) is 0 Å². The fourth-order valence-corrected chi connectivity index (χ4v) is 2.00. The van der Waals surface area contributed by atoms with E-state index >= 15 is 0 Å². The number of piperazine rings is 1. The number of halogens is 2. The topological polar surface area (TPSA) is 33.1 Å². The number of rotatable bonds is 3. The lowest BCUT2D eigenvalue weighted by molar-refractivity contribution is 0.0629. The van der Waals surface area contributed by atoms with E-state index < -0.39 is 6.55 Å². The first-order valence-corrected chi connectivity index (χ1v) is 5.42. The van der Waals surface area contributed by atoms with Crippen molar-refractivity contribution < 1.29 is 8.78 Å². The molecule has 1 aromatic rings. The molecule has 0 amide bonds. The zero-order chi connectivity index (χ0) is 11.5. The number of aromatic nitrogens is 2. The summed E-state index contributed by atoms with van der Waals surface area (Å²) in [5, 5.41) is 3.31. The number of alkyl halides is 2. The van der Waals surface area contributed by atoms with Gasteiger partial charge in [0.15, 0.2) is 0 Å². The molecule has 6 heteroatoms. The Morgan fingerprint density at radius 3 is 3.12 bits per heavy atom. The van der Waals surface area contributed by atoms with Crippen molar-refractivity contribution in [3.05, 3.63) is 18.2 Å². The number of hydrogen-bond donors (Lipinski definition) is 1. The maximum atomic E-state index is 12.6. The standard InChI is InChI=1S/C10H16F2N4/c1-8-6-15(4-2-13-8)7-9-14-3-5-16(9)10(11)12/h3,5,8,10,13H,2,4,6-7H2,1H3/t8-/m0/s1. The minimum atomic E-state index is -2.50. The minimum absolute atomic E-state index is 0.406. The maximum Gasteiger partial charge on any atom is 0.319 e. The lowest BCUT2D eigenvalue weighted by Crippen LogP contribution is -2.48. The van der Waals surface area contributed by atoms with E-state index in [1.807, 2.05) is 0 Å². The molecular weight excluding hydrogens is 214 g/mol. The number of imidazole rings is 1. The highest BCUT2D eigenvalue weighted by Crippen LogP contribution is 2.14. The van der Waals surface area contributed by atoms with Crippen LogP contribution in [0.15, 0.2) is 12.4 Å². The van der Waals surface area contributed by atoms with E-state index in [2.05, 4.69) is 22.1 Å². The van der Waals surface area contributed by atoms with Crippen molar-refractivity contribution >= 4 is 0 Å². The summed E-state index contributed by atoms with van der Waals surface area (Å²) in [6, 6.07) is 0.406. The van der Waals surface area contributed by atoms with Gasteiger partial charge < -0.3 is 5.32 Å². The zero-order valence-electron chi connectivity index (χ0n) is 9.24. The lowest BCUT2D eigenvalue weighted by Gasteiger charge is -2.31. The molecule has 1 aliphatic heterocycles. The molecular formula is C10H16F2N4. The van der Waals surface area contributed by atoms with Crippen LogP contribution >= 0.6 is 0 Å². The van der Waals surface area contributed by atoms with Crippen LogP contribution in [0.25, 0.3) is 0 Å². The Kier molecular flexibility index (Phi) is 3.50. The van der Waals surface area contributed by atoms with Gasteiger partial charge in [-0.25, -0.2) is 4.98 Å². The minimum Gasteiger partial charge on any atom is -0.312 e. The van der Waals surface area contributed by atoms with Gasteiger partial charge in [0.25, 0.3) is 0 Å². The summed E-state index contributed by atoms with van der Waals surface area (Å²) < 4.78 is 26.1. The Hall–Kier alpha value is -1.01. The Morgan fingerprint density at radius 1 is 1.62 bits per heavy atom. The molecule has 4 nitrogen and oxygen atoms in total. The quantitative estimate of drug-likeness (QED) is 0.843. The molecule has 1 aliphatic rings. The Labute approximate surface area is 93.3 Å². The van der Waals surface area contributed by atoms with Crippen molar-refractivity contribution in [3.8, 4) is 0 Å². The molecule has 0 saturated carbocycles. The molecule has 0 radical (unpaired) electrons. The van der Waals surface area contributed by atoms with Gasteiger partial charge in [0.2, 0.25) is 0 Å². The van der Waals surface area contributed by atoms with E-state index in [1.165, 1.54) is 12.4 Å². The Balaban J connectivity index is 2.00. The van der Waals surface area contributed by atoms with Crippen LogP contribution in [0.1, 0.15) is 19.3 Å². The molecule has 1 aromatic heterocycles. The zero-order valence-corrected chi connectivity index (χ0v) is 9.24. The van der Waals surface area contributed by atoms with Crippen molar-refractivity contribution in [1.82, 2.24) is 19.8 Å². The third-order valence-corrected chi connectivity index (χ3v) is 2.78. The normalized spacial score (nSPS) is 22.9. The van der Waals surface area contributed by atoms with Crippen molar-refractivity contribution in [2.45, 2.75) is 26.1 Å². The van der Waals surface area contributed by atoms with Crippen LogP contribution in [-0.2, 0) is 6.54 Å². The largest absolute Gasteiger partial charge is 0.319 e. The molecule has 2 heterocycles. The first-order valence-electron chi connectivity index (χ1n) is 5.42. The van der Waals surface area contributed by atoms with E-state index in [9.17, 15) is 8.78 Å². The molecule has 16 heavy (non-hydrogen) atoms. The summed E-state index contributed by atoms with van der Waals surface area (Å²) in [5.74, 6) is 0.434. The number of hydrogen-bond acceptors (Lipinski definition) is 3. The van der Waals surface area contributed by atoms with Gasteiger partial charge in [-0.3, -0.25) is 9.47 Å². The summed E-state index contributed by atoms with van der Waals surface area (Å²) in [6.07, 6.45) is 2.75. The first kappa shape index (κ1) is 11.5. The summed E-state index contributed by atoms with van der Waals surface area (Å²) in [4.78, 5) is 6.12. The van der Waals surface area contributed by atoms with Crippen LogP contribution < -0.4 is 5.32 Å². The van der Waals surface area contributed by atoms with Crippen molar-refractivity contribution in [1.29, 1.82) is 0 Å². The second kappa shape index (κ2) is 4.88. The van der Waals surface area contributed by atoms with Gasteiger partial charge in [-0.05, 0) is 6.92 Å². The molecule has 1 N–H and O–H groups in total. The lowest BCUT2D eigenvalue weighted by atomic mass is 10.2. The molecule has 1 saturated heterocycles. The van der Waals surface area contributed by atoms with Crippen LogP contribution in [0.4, 0.5) is 8.78 Å². The van der Waals surface area contributed by atoms with Crippen LogP contribution in [0.3, 0.4) is 0 Å². The average molecular weight is 230 g/mol. The fraction of sp³-hybridized carbons (Fsp3) is 0.700. The summed E-state index contributed by atoms with van der Waals surface area (Å²) >= 11 is 0. The van der Waals surface area contributed by atoms with Gasteiger partial charge >= 0.3 is 6.55 Å². The Bertz CT molecular complexity index is 339. The molecule has 0 aromatic carbocycles. The highest BCUT2D eigenvalue weighted by Gasteiger charge is 2.19. The predicted octanol–water partition coefficient (Wildman–Crippen LogP) is 1.07. The van der Waals surface area contributed by atoms with Gasteiger partial charge in [-0.1, -0.05) is 0 Å². The van der Waals surface area contributed by atoms with Gasteiger partial charge in [-0.2, -0.15) is 8.78 Å². The van der Waals surface area contributed by atoms with Gasteiger partial charge in [-0.15, -0.1) is 0 Å². The highest BCUT2D eigenvalue weighted by atomic mass is 19.3. The van der Waals surface area contributed by atoms with Crippen molar-refractivity contribution in [2.75, 3.05) is 19.6 Å². The second-order valence-electron chi connectivity index (χ2n) is 4.12. The van der Waals surface area contributed by atoms with Gasteiger partial charge in [0.05, 0.1) is 6.54 Å². The Morgan fingerprint density at radius 2 is 2.44 bits per heavy atom. The predicted molar refractivity (Wildman–Crippen MR) is 56.2 cm³/mol. The number of nitrogens with zero attached hydrogens (tertiary/aromatic N) is 3. The number of nitrogens with one attached hydrogen (secondary N) is 1. The van der Waals surface area contributed by atoms with E-state index in [-0.39, 0.29) is 0 Å². The smallest absolute Gasteiger partial charge is 0.312 e. The van der Waals surface area contributed by atoms with E-state index in [0.29, 0.717) is 18.4 Å². The summed E-state index contributed by atoms with van der Waals surface area (Å²) in [6.45, 7) is 2.72. The molecule has 1 atom stereocenters. The monoisotopic (exact) mass is 230 g/mol. The van der Waals surface area contributed by atoms with E-state index in [4.69, 9.17) is 0 Å². The molecule has 2 rings (SSSR count). The fourth-order valence-electron chi connectivity index (χ4n) is 2.00. The van der Waals surface area contributed by atoms with Gasteiger partial charge in [0.1, 0.15) is 5.82 Å². The van der Waals surface area contributed by atoms with Gasteiger partial charge in [0, 0.05) is 38.1 Å². The highest BCUT2D eigenvalue weighted by molar-refractivity contribution is 4.93. The maximum absolute atomic E-state index is 12.6. The molecule has 0 aliphatic carbocycles. The van der Waals surface area contributed by atoms with Crippen LogP contribution in [0.5, 0.6) is 0 Å². The van der Waals surface area contributed by atoms with Crippen molar-refractivity contribution in [3.63, 3.8) is 0 Å². The molecule has 0 bridgehead atoms. The van der Waals surface area contributed by atoms with Crippen molar-refractivity contribution in [2.24, 2.45) is 0 Å². The van der Waals surface area contributed by atoms with Crippen LogP contribution in [0.2, 0.25) is 0 Å². The molecule has 0 spiro atoms.